The third-order valence-electron chi connectivity index (χ3n) is 8.21. The first-order valence-corrected chi connectivity index (χ1v) is 15.7. The first kappa shape index (κ1) is 29.7. The normalized spacial score (nSPS) is 16.5. The monoisotopic (exact) mass is 651 g/mol. The van der Waals surface area contributed by atoms with Gasteiger partial charge in [0, 0.05) is 53.9 Å². The molecule has 6 rings (SSSR count). The molecular formula is C36H34BrN3O4. The lowest BCUT2D eigenvalue weighted by Crippen LogP contribution is -2.50. The lowest BCUT2D eigenvalue weighted by molar-refractivity contribution is 0.0240. The fourth-order valence-electron chi connectivity index (χ4n) is 5.97. The average molecular weight is 653 g/mol. The summed E-state index contributed by atoms with van der Waals surface area (Å²) in [4.78, 5) is 30.9. The number of rotatable bonds is 4. The Bertz CT molecular complexity index is 1760. The zero-order valence-corrected chi connectivity index (χ0v) is 26.7. The van der Waals surface area contributed by atoms with Crippen LogP contribution in [0.5, 0.6) is 0 Å². The maximum absolute atomic E-state index is 14.2. The van der Waals surface area contributed by atoms with Gasteiger partial charge >= 0.3 is 6.09 Å². The maximum atomic E-state index is 14.2. The Labute approximate surface area is 266 Å². The van der Waals surface area contributed by atoms with Gasteiger partial charge in [0.25, 0.3) is 0 Å². The van der Waals surface area contributed by atoms with E-state index in [2.05, 4.69) is 45.1 Å². The minimum atomic E-state index is -0.527. The van der Waals surface area contributed by atoms with Crippen LogP contribution in [0.4, 0.5) is 10.5 Å². The molecule has 1 fully saturated rings. The summed E-state index contributed by atoms with van der Waals surface area (Å²) in [5, 5.41) is 9.21. The van der Waals surface area contributed by atoms with Crippen LogP contribution in [0.1, 0.15) is 65.1 Å². The molecule has 1 aliphatic heterocycles. The molecule has 4 aromatic rings. The van der Waals surface area contributed by atoms with Crippen LogP contribution < -0.4 is 4.90 Å². The minimum absolute atomic E-state index is 0.0341. The molecule has 2 heterocycles. The molecule has 0 N–H and O–H groups in total. The van der Waals surface area contributed by atoms with E-state index in [4.69, 9.17) is 9.15 Å². The highest BCUT2D eigenvalue weighted by molar-refractivity contribution is 9.10. The van der Waals surface area contributed by atoms with Crippen LogP contribution in [0.2, 0.25) is 0 Å². The van der Waals surface area contributed by atoms with Gasteiger partial charge in [0.1, 0.15) is 11.4 Å². The molecule has 0 spiro atoms. The predicted molar refractivity (Wildman–Crippen MR) is 173 cm³/mol. The van der Waals surface area contributed by atoms with Gasteiger partial charge in [-0.1, -0.05) is 40.2 Å². The number of anilines is 1. The number of furan rings is 1. The number of amides is 1. The molecule has 2 aliphatic rings. The Morgan fingerprint density at radius 2 is 1.73 bits per heavy atom. The highest BCUT2D eigenvalue weighted by Gasteiger charge is 2.34. The molecule has 1 aromatic heterocycles. The molecule has 1 saturated heterocycles. The van der Waals surface area contributed by atoms with Crippen molar-refractivity contribution in [3.63, 3.8) is 0 Å². The second-order valence-corrected chi connectivity index (χ2v) is 13.2. The standard InChI is InChI=1S/C36H34BrN3O4/c1-36(2,3)44-35(42)40-16-14-39(15-17-40)28-12-13-29-26(19-28)18-27-21-32(24-10-8-23(22-38)9-11-24)43-34(27)33(41)30(29)20-25-6-4-5-7-31(25)37/h4-13,19,21,30H,14-18,20H2,1-3H3. The second kappa shape index (κ2) is 12.0. The van der Waals surface area contributed by atoms with E-state index >= 15 is 0 Å². The maximum Gasteiger partial charge on any atom is 0.410 e. The van der Waals surface area contributed by atoms with Gasteiger partial charge in [0.05, 0.1) is 17.6 Å². The van der Waals surface area contributed by atoms with Crippen LogP contribution in [-0.2, 0) is 17.6 Å². The SMILES string of the molecule is CC(C)(C)OC(=O)N1CCN(c2ccc3c(c2)Cc2cc(-c4ccc(C#N)cc4)oc2C(=O)C3Cc2ccccc2Br)CC1. The summed E-state index contributed by atoms with van der Waals surface area (Å²) in [5.41, 5.74) is 5.95. The molecule has 1 aliphatic carbocycles. The smallest absolute Gasteiger partial charge is 0.410 e. The zero-order chi connectivity index (χ0) is 31.0. The van der Waals surface area contributed by atoms with Crippen LogP contribution in [0, 0.1) is 11.3 Å². The summed E-state index contributed by atoms with van der Waals surface area (Å²) in [7, 11) is 0. The van der Waals surface area contributed by atoms with Crippen LogP contribution >= 0.6 is 15.9 Å². The third kappa shape index (κ3) is 6.15. The van der Waals surface area contributed by atoms with Gasteiger partial charge in [-0.05, 0) is 92.4 Å². The number of ketones is 1. The van der Waals surface area contributed by atoms with Gasteiger partial charge in [-0.3, -0.25) is 4.79 Å². The summed E-state index contributed by atoms with van der Waals surface area (Å²) in [6.45, 7) is 8.18. The van der Waals surface area contributed by atoms with Crippen molar-refractivity contribution in [3.8, 4) is 17.4 Å². The number of benzene rings is 3. The number of ether oxygens (including phenoxy) is 1. The fourth-order valence-corrected chi connectivity index (χ4v) is 6.41. The van der Waals surface area contributed by atoms with Crippen LogP contribution in [0.3, 0.4) is 0 Å². The van der Waals surface area contributed by atoms with Gasteiger partial charge in [-0.15, -0.1) is 0 Å². The molecule has 3 aromatic carbocycles. The number of Topliss-reactive ketones (excluding diaryl/α,β-unsaturated/α-hetero) is 1. The highest BCUT2D eigenvalue weighted by atomic mass is 79.9. The summed E-state index contributed by atoms with van der Waals surface area (Å²) >= 11 is 3.67. The molecule has 7 nitrogen and oxygen atoms in total. The Kier molecular flexibility index (Phi) is 8.08. The van der Waals surface area contributed by atoms with Crippen molar-refractivity contribution in [3.05, 3.63) is 111 Å². The first-order chi connectivity index (χ1) is 21.1. The topological polar surface area (TPSA) is 86.8 Å². The first-order valence-electron chi connectivity index (χ1n) is 14.9. The molecule has 1 amide bonds. The van der Waals surface area contributed by atoms with Crippen molar-refractivity contribution in [2.24, 2.45) is 0 Å². The summed E-state index contributed by atoms with van der Waals surface area (Å²) in [6, 6.07) is 25.7. The van der Waals surface area contributed by atoms with E-state index in [9.17, 15) is 14.9 Å². The summed E-state index contributed by atoms with van der Waals surface area (Å²) < 4.78 is 12.8. The van der Waals surface area contributed by atoms with Crippen molar-refractivity contribution < 1.29 is 18.7 Å². The van der Waals surface area contributed by atoms with Crippen molar-refractivity contribution in [1.29, 1.82) is 5.26 Å². The number of piperazine rings is 1. The van der Waals surface area contributed by atoms with Crippen LogP contribution in [0.25, 0.3) is 11.3 Å². The number of hydrogen-bond acceptors (Lipinski definition) is 6. The molecule has 1 unspecified atom stereocenters. The quantitative estimate of drug-likeness (QED) is 0.224. The molecule has 1 atom stereocenters. The van der Waals surface area contributed by atoms with Crippen molar-refractivity contribution in [1.82, 2.24) is 4.90 Å². The van der Waals surface area contributed by atoms with E-state index in [1.54, 1.807) is 17.0 Å². The lowest BCUT2D eigenvalue weighted by atomic mass is 9.86. The number of nitrogens with zero attached hydrogens (tertiary/aromatic N) is 3. The number of carbonyl (C=O) groups excluding carboxylic acids is 2. The highest BCUT2D eigenvalue weighted by Crippen LogP contribution is 2.40. The second-order valence-electron chi connectivity index (χ2n) is 12.4. The molecule has 0 radical (unpaired) electrons. The van der Waals surface area contributed by atoms with Crippen LogP contribution in [0.15, 0.2) is 81.7 Å². The largest absolute Gasteiger partial charge is 0.453 e. The van der Waals surface area contributed by atoms with E-state index in [0.29, 0.717) is 56.1 Å². The molecule has 44 heavy (non-hydrogen) atoms. The number of hydrogen-bond donors (Lipinski definition) is 0. The number of halogens is 1. The number of fused-ring (bicyclic) bond motifs is 2. The lowest BCUT2D eigenvalue weighted by Gasteiger charge is -2.37. The molecule has 8 heteroatoms. The average Bonchev–Trinajstić information content (AvgIpc) is 3.39. The van der Waals surface area contributed by atoms with E-state index < -0.39 is 11.5 Å². The van der Waals surface area contributed by atoms with Crippen molar-refractivity contribution in [2.75, 3.05) is 31.1 Å². The minimum Gasteiger partial charge on any atom is -0.453 e. The zero-order valence-electron chi connectivity index (χ0n) is 25.1. The van der Waals surface area contributed by atoms with Crippen LogP contribution in [-0.4, -0.2) is 48.6 Å². The van der Waals surface area contributed by atoms with E-state index in [1.165, 1.54) is 0 Å². The molecule has 0 saturated carbocycles. The van der Waals surface area contributed by atoms with Gasteiger partial charge in [-0.25, -0.2) is 4.79 Å². The third-order valence-corrected chi connectivity index (χ3v) is 8.98. The van der Waals surface area contributed by atoms with Gasteiger partial charge in [-0.2, -0.15) is 5.26 Å². The molecular weight excluding hydrogens is 618 g/mol. The Morgan fingerprint density at radius 3 is 2.41 bits per heavy atom. The van der Waals surface area contributed by atoms with E-state index in [-0.39, 0.29) is 11.9 Å². The Hall–Kier alpha value is -4.35. The molecule has 224 valence electrons. The summed E-state index contributed by atoms with van der Waals surface area (Å²) in [6.07, 6.45) is 0.819. The predicted octanol–water partition coefficient (Wildman–Crippen LogP) is 7.75. The van der Waals surface area contributed by atoms with Gasteiger partial charge in [0.15, 0.2) is 5.76 Å². The fraction of sp³-hybridized carbons (Fsp3) is 0.306. The van der Waals surface area contributed by atoms with E-state index in [1.807, 2.05) is 63.2 Å². The van der Waals surface area contributed by atoms with Crippen molar-refractivity contribution in [2.45, 2.75) is 45.1 Å². The number of nitriles is 1. The van der Waals surface area contributed by atoms with Gasteiger partial charge in [0.2, 0.25) is 5.78 Å². The Morgan fingerprint density at radius 1 is 1.00 bits per heavy atom. The molecule has 0 bridgehead atoms. The summed E-state index contributed by atoms with van der Waals surface area (Å²) in [5.74, 6) is 0.562. The van der Waals surface area contributed by atoms with Gasteiger partial charge < -0.3 is 19.0 Å². The number of carbonyl (C=O) groups is 2. The van der Waals surface area contributed by atoms with E-state index in [0.717, 1.165) is 38.0 Å². The van der Waals surface area contributed by atoms with Crippen molar-refractivity contribution >= 4 is 33.5 Å². The Balaban J connectivity index is 1.33.